The van der Waals surface area contributed by atoms with Crippen LogP contribution in [0.4, 0.5) is 0 Å². The summed E-state index contributed by atoms with van der Waals surface area (Å²) in [5.41, 5.74) is 0.243. The molecule has 0 amide bonds. The van der Waals surface area contributed by atoms with Crippen molar-refractivity contribution in [3.63, 3.8) is 0 Å². The molecule has 0 spiro atoms. The van der Waals surface area contributed by atoms with Crippen LogP contribution in [0, 0.1) is 12.8 Å². The van der Waals surface area contributed by atoms with E-state index in [2.05, 4.69) is 9.71 Å². The molecule has 0 bridgehead atoms. The number of sulfonamides is 1. The van der Waals surface area contributed by atoms with Crippen LogP contribution in [-0.2, 0) is 14.8 Å². The number of thiazole rings is 1. The molecule has 0 radical (unpaired) electrons. The van der Waals surface area contributed by atoms with Crippen molar-refractivity contribution < 1.29 is 18.3 Å². The van der Waals surface area contributed by atoms with Crippen LogP contribution in [0.2, 0.25) is 0 Å². The van der Waals surface area contributed by atoms with Gasteiger partial charge in [0.2, 0.25) is 0 Å². The molecule has 9 heteroatoms. The normalized spacial score (nSPS) is 15.3. The molecule has 0 saturated carbocycles. The number of carboxylic acids is 1. The minimum atomic E-state index is -3.87. The van der Waals surface area contributed by atoms with Crippen LogP contribution in [0.3, 0.4) is 0 Å². The van der Waals surface area contributed by atoms with Crippen LogP contribution in [0.25, 0.3) is 0 Å². The van der Waals surface area contributed by atoms with Crippen LogP contribution in [0.15, 0.2) is 9.00 Å². The fraction of sp³-hybridized carbons (Fsp3) is 0.556. The van der Waals surface area contributed by atoms with Gasteiger partial charge in [0.1, 0.15) is 0 Å². The van der Waals surface area contributed by atoms with Crippen molar-refractivity contribution in [3.05, 3.63) is 15.4 Å². The van der Waals surface area contributed by atoms with Crippen molar-refractivity contribution in [3.8, 4) is 0 Å². The Morgan fingerprint density at radius 2 is 2.00 bits per heavy atom. The maximum Gasteiger partial charge on any atom is 0.307 e. The van der Waals surface area contributed by atoms with Gasteiger partial charge >= 0.3 is 10.8 Å². The van der Waals surface area contributed by atoms with Crippen molar-refractivity contribution in [1.82, 2.24) is 9.71 Å². The van der Waals surface area contributed by atoms with Crippen LogP contribution in [0.1, 0.15) is 19.5 Å². The Hall–Kier alpha value is -1.19. The lowest BCUT2D eigenvalue weighted by Gasteiger charge is -2.17. The molecule has 1 rings (SSSR count). The predicted octanol–water partition coefficient (Wildman–Crippen LogP) is 0.132. The fourth-order valence-electron chi connectivity index (χ4n) is 1.26. The predicted molar refractivity (Wildman–Crippen MR) is 66.3 cm³/mol. The zero-order chi connectivity index (χ0) is 14.1. The van der Waals surface area contributed by atoms with E-state index in [0.29, 0.717) is 11.3 Å². The van der Waals surface area contributed by atoms with Crippen LogP contribution in [-0.4, -0.2) is 30.5 Å². The molecule has 0 saturated heterocycles. The minimum absolute atomic E-state index is 0.114. The second kappa shape index (κ2) is 5.21. The van der Waals surface area contributed by atoms with Crippen molar-refractivity contribution >= 4 is 27.3 Å². The summed E-state index contributed by atoms with van der Waals surface area (Å²) in [5.74, 6) is -1.96. The van der Waals surface area contributed by atoms with Gasteiger partial charge in [-0.3, -0.25) is 9.59 Å². The first-order valence-electron chi connectivity index (χ1n) is 5.10. The molecule has 1 aromatic rings. The Balaban J connectivity index is 2.99. The number of hydrogen-bond acceptors (Lipinski definition) is 5. The third-order valence-corrected chi connectivity index (χ3v) is 5.67. The van der Waals surface area contributed by atoms with Crippen molar-refractivity contribution in [2.24, 2.45) is 5.92 Å². The van der Waals surface area contributed by atoms with Gasteiger partial charge in [-0.1, -0.05) is 18.3 Å². The second-order valence-electron chi connectivity index (χ2n) is 3.96. The molecule has 0 fully saturated rings. The molecule has 0 aromatic carbocycles. The quantitative estimate of drug-likeness (QED) is 0.714. The van der Waals surface area contributed by atoms with Gasteiger partial charge < -0.3 is 10.1 Å². The number of rotatable bonds is 5. The summed E-state index contributed by atoms with van der Waals surface area (Å²) in [6.45, 7) is 4.33. The highest BCUT2D eigenvalue weighted by Crippen LogP contribution is 2.17. The van der Waals surface area contributed by atoms with E-state index >= 15 is 0 Å². The van der Waals surface area contributed by atoms with E-state index < -0.39 is 32.8 Å². The Bertz CT molecular complexity index is 601. The maximum absolute atomic E-state index is 12.0. The van der Waals surface area contributed by atoms with Crippen LogP contribution >= 0.6 is 11.3 Å². The van der Waals surface area contributed by atoms with Crippen LogP contribution in [0.5, 0.6) is 0 Å². The number of H-pyrrole nitrogens is 1. The second-order valence-corrected chi connectivity index (χ2v) is 6.86. The Morgan fingerprint density at radius 3 is 2.39 bits per heavy atom. The third-order valence-electron chi connectivity index (χ3n) is 2.51. The SMILES string of the molecule is Cc1[nH]c(=O)sc1S(=O)(=O)NC(C)C(C)C(=O)O. The minimum Gasteiger partial charge on any atom is -0.481 e. The average Bonchev–Trinajstić information content (AvgIpc) is 2.56. The fourth-order valence-corrected chi connectivity index (χ4v) is 3.90. The van der Waals surface area contributed by atoms with E-state index in [1.54, 1.807) is 0 Å². The lowest BCUT2D eigenvalue weighted by Crippen LogP contribution is -2.39. The van der Waals surface area contributed by atoms with Gasteiger partial charge in [-0.25, -0.2) is 13.1 Å². The molecule has 18 heavy (non-hydrogen) atoms. The largest absolute Gasteiger partial charge is 0.481 e. The number of aromatic nitrogens is 1. The van der Waals surface area contributed by atoms with E-state index in [0.717, 1.165) is 0 Å². The van der Waals surface area contributed by atoms with Crippen molar-refractivity contribution in [2.75, 3.05) is 0 Å². The summed E-state index contributed by atoms with van der Waals surface area (Å²) in [5, 5.41) is 8.79. The Kier molecular flexibility index (Phi) is 4.30. The molecular formula is C9H14N2O5S2. The van der Waals surface area contributed by atoms with E-state index in [9.17, 15) is 18.0 Å². The number of carboxylic acid groups (broad SMARTS) is 1. The van der Waals surface area contributed by atoms with Gasteiger partial charge in [-0.05, 0) is 13.8 Å². The number of aliphatic carboxylic acids is 1. The summed E-state index contributed by atoms with van der Waals surface area (Å²) in [6.07, 6.45) is 0. The molecule has 0 aliphatic rings. The molecule has 102 valence electrons. The van der Waals surface area contributed by atoms with E-state index in [4.69, 9.17) is 5.11 Å². The zero-order valence-electron chi connectivity index (χ0n) is 10.1. The first-order valence-corrected chi connectivity index (χ1v) is 7.40. The molecule has 3 N–H and O–H groups in total. The smallest absolute Gasteiger partial charge is 0.307 e. The number of carbonyl (C=O) groups is 1. The van der Waals surface area contributed by atoms with E-state index in [1.165, 1.54) is 20.8 Å². The van der Waals surface area contributed by atoms with Crippen molar-refractivity contribution in [2.45, 2.75) is 31.0 Å². The zero-order valence-corrected chi connectivity index (χ0v) is 11.7. The molecule has 0 aliphatic carbocycles. The van der Waals surface area contributed by atoms with Gasteiger partial charge in [-0.15, -0.1) is 0 Å². The van der Waals surface area contributed by atoms with Crippen LogP contribution < -0.4 is 9.60 Å². The van der Waals surface area contributed by atoms with Gasteiger partial charge in [0.25, 0.3) is 10.0 Å². The molecule has 1 aromatic heterocycles. The molecule has 0 aliphatic heterocycles. The van der Waals surface area contributed by atoms with Gasteiger partial charge in [0, 0.05) is 11.7 Å². The lowest BCUT2D eigenvalue weighted by atomic mass is 10.1. The summed E-state index contributed by atoms with van der Waals surface area (Å²) in [4.78, 5) is 23.7. The van der Waals surface area contributed by atoms with Gasteiger partial charge in [0.05, 0.1) is 5.92 Å². The summed E-state index contributed by atoms with van der Waals surface area (Å²) in [7, 11) is -3.87. The summed E-state index contributed by atoms with van der Waals surface area (Å²) in [6, 6.07) is -0.774. The monoisotopic (exact) mass is 294 g/mol. The number of aromatic amines is 1. The number of aryl methyl sites for hydroxylation is 1. The number of nitrogens with one attached hydrogen (secondary N) is 2. The topological polar surface area (TPSA) is 116 Å². The molecule has 7 nitrogen and oxygen atoms in total. The lowest BCUT2D eigenvalue weighted by molar-refractivity contribution is -0.141. The molecule has 2 atom stereocenters. The third kappa shape index (κ3) is 3.18. The highest BCUT2D eigenvalue weighted by Gasteiger charge is 2.27. The summed E-state index contributed by atoms with van der Waals surface area (Å²) >= 11 is 0.574. The van der Waals surface area contributed by atoms with Gasteiger partial charge in [0.15, 0.2) is 4.21 Å². The highest BCUT2D eigenvalue weighted by molar-refractivity contribution is 7.91. The van der Waals surface area contributed by atoms with E-state index in [1.807, 2.05) is 0 Å². The Morgan fingerprint density at radius 1 is 1.44 bits per heavy atom. The Labute approximate surface area is 108 Å². The van der Waals surface area contributed by atoms with Crippen molar-refractivity contribution in [1.29, 1.82) is 0 Å². The maximum atomic E-state index is 12.0. The molecule has 2 unspecified atom stereocenters. The first kappa shape index (κ1) is 14.9. The van der Waals surface area contributed by atoms with E-state index in [-0.39, 0.29) is 9.90 Å². The average molecular weight is 294 g/mol. The molecular weight excluding hydrogens is 280 g/mol. The number of hydrogen-bond donors (Lipinski definition) is 3. The highest BCUT2D eigenvalue weighted by atomic mass is 32.2. The standard InChI is InChI=1S/C9H14N2O5S2/c1-4(7(12)13)5(2)11-18(15,16)8-6(3)10-9(14)17-8/h4-5,11H,1-3H3,(H,10,14)(H,12,13). The van der Waals surface area contributed by atoms with Gasteiger partial charge in [-0.2, -0.15) is 0 Å². The molecule has 1 heterocycles. The summed E-state index contributed by atoms with van der Waals surface area (Å²) < 4.78 is 26.0. The first-order chi connectivity index (χ1) is 8.15.